The molecule has 1 aromatic carbocycles. The van der Waals surface area contributed by atoms with E-state index in [0.29, 0.717) is 10.0 Å². The first kappa shape index (κ1) is 11.6. The zero-order valence-electron chi connectivity index (χ0n) is 9.14. The van der Waals surface area contributed by atoms with E-state index in [1.807, 2.05) is 26.1 Å². The number of hydrogen-bond donors (Lipinski definition) is 1. The van der Waals surface area contributed by atoms with Crippen LogP contribution in [0.4, 0.5) is 0 Å². The van der Waals surface area contributed by atoms with Crippen molar-refractivity contribution in [3.63, 3.8) is 0 Å². The first-order chi connectivity index (χ1) is 7.61. The average molecular weight is 255 g/mol. The van der Waals surface area contributed by atoms with Gasteiger partial charge in [-0.2, -0.15) is 0 Å². The number of fused-ring (bicyclic) bond motifs is 1. The highest BCUT2D eigenvalue weighted by atomic mass is 35.5. The standard InChI is InChI=1S/C12H12Cl2N2/c1-7-3-8(6-15-2)12-10(14)4-9(13)5-11(12)16-7/h3-5,15H,6H2,1-2H3. The Morgan fingerprint density at radius 2 is 2.00 bits per heavy atom. The van der Waals surface area contributed by atoms with Crippen LogP contribution in [0.2, 0.25) is 10.0 Å². The Morgan fingerprint density at radius 3 is 2.69 bits per heavy atom. The second-order valence-corrected chi connectivity index (χ2v) is 4.58. The number of aryl methyl sites for hydroxylation is 1. The molecule has 0 spiro atoms. The Kier molecular flexibility index (Phi) is 3.33. The molecule has 0 amide bonds. The van der Waals surface area contributed by atoms with Crippen LogP contribution in [-0.2, 0) is 6.54 Å². The van der Waals surface area contributed by atoms with Gasteiger partial charge in [-0.25, -0.2) is 0 Å². The van der Waals surface area contributed by atoms with Crippen LogP contribution < -0.4 is 5.32 Å². The van der Waals surface area contributed by atoms with Gasteiger partial charge in [0.2, 0.25) is 0 Å². The number of hydrogen-bond acceptors (Lipinski definition) is 2. The Balaban J connectivity index is 2.78. The molecule has 0 unspecified atom stereocenters. The molecule has 0 aliphatic rings. The van der Waals surface area contributed by atoms with Crippen molar-refractivity contribution < 1.29 is 0 Å². The number of aromatic nitrogens is 1. The molecule has 2 nitrogen and oxygen atoms in total. The zero-order valence-corrected chi connectivity index (χ0v) is 10.7. The van der Waals surface area contributed by atoms with Crippen molar-refractivity contribution in [1.82, 2.24) is 10.3 Å². The molecule has 0 aliphatic carbocycles. The van der Waals surface area contributed by atoms with E-state index in [1.54, 1.807) is 6.07 Å². The highest BCUT2D eigenvalue weighted by Crippen LogP contribution is 2.29. The van der Waals surface area contributed by atoms with Crippen molar-refractivity contribution in [2.24, 2.45) is 0 Å². The van der Waals surface area contributed by atoms with E-state index in [1.165, 1.54) is 0 Å². The van der Waals surface area contributed by atoms with Crippen LogP contribution in [0, 0.1) is 6.92 Å². The highest BCUT2D eigenvalue weighted by Gasteiger charge is 2.08. The molecule has 0 saturated carbocycles. The summed E-state index contributed by atoms with van der Waals surface area (Å²) in [6.45, 7) is 2.73. The van der Waals surface area contributed by atoms with Gasteiger partial charge < -0.3 is 5.32 Å². The van der Waals surface area contributed by atoms with Crippen molar-refractivity contribution in [2.45, 2.75) is 13.5 Å². The lowest BCUT2D eigenvalue weighted by atomic mass is 10.1. The van der Waals surface area contributed by atoms with Crippen LogP contribution >= 0.6 is 23.2 Å². The molecule has 0 bridgehead atoms. The summed E-state index contributed by atoms with van der Waals surface area (Å²) in [6, 6.07) is 5.63. The Hall–Kier alpha value is -0.830. The lowest BCUT2D eigenvalue weighted by molar-refractivity contribution is 0.821. The third-order valence-electron chi connectivity index (χ3n) is 2.40. The first-order valence-corrected chi connectivity index (χ1v) is 5.77. The second-order valence-electron chi connectivity index (χ2n) is 3.73. The molecule has 1 aromatic heterocycles. The van der Waals surface area contributed by atoms with E-state index < -0.39 is 0 Å². The fourth-order valence-corrected chi connectivity index (χ4v) is 2.45. The SMILES string of the molecule is CNCc1cc(C)nc2cc(Cl)cc(Cl)c12. The zero-order chi connectivity index (χ0) is 11.7. The molecule has 1 heterocycles. The van der Waals surface area contributed by atoms with Crippen molar-refractivity contribution in [1.29, 1.82) is 0 Å². The summed E-state index contributed by atoms with van der Waals surface area (Å²) < 4.78 is 0. The number of nitrogens with one attached hydrogen (secondary N) is 1. The van der Waals surface area contributed by atoms with E-state index >= 15 is 0 Å². The van der Waals surface area contributed by atoms with Crippen LogP contribution in [0.25, 0.3) is 10.9 Å². The van der Waals surface area contributed by atoms with Gasteiger partial charge in [0.25, 0.3) is 0 Å². The molecule has 1 N–H and O–H groups in total. The van der Waals surface area contributed by atoms with Crippen LogP contribution in [0.3, 0.4) is 0 Å². The number of pyridine rings is 1. The van der Waals surface area contributed by atoms with Gasteiger partial charge >= 0.3 is 0 Å². The minimum absolute atomic E-state index is 0.617. The molecular weight excluding hydrogens is 243 g/mol. The van der Waals surface area contributed by atoms with E-state index in [2.05, 4.69) is 10.3 Å². The van der Waals surface area contributed by atoms with Gasteiger partial charge in [0.1, 0.15) is 0 Å². The van der Waals surface area contributed by atoms with Gasteiger partial charge in [-0.15, -0.1) is 0 Å². The minimum Gasteiger partial charge on any atom is -0.316 e. The van der Waals surface area contributed by atoms with Gasteiger partial charge in [0.05, 0.1) is 10.5 Å². The molecule has 84 valence electrons. The molecule has 16 heavy (non-hydrogen) atoms. The van der Waals surface area contributed by atoms with Crippen molar-refractivity contribution in [2.75, 3.05) is 7.05 Å². The fourth-order valence-electron chi connectivity index (χ4n) is 1.84. The smallest absolute Gasteiger partial charge is 0.0738 e. The summed E-state index contributed by atoms with van der Waals surface area (Å²) in [5, 5.41) is 5.37. The molecule has 0 aliphatic heterocycles. The Bertz CT molecular complexity index is 533. The van der Waals surface area contributed by atoms with Crippen LogP contribution in [0.5, 0.6) is 0 Å². The van der Waals surface area contributed by atoms with Gasteiger partial charge in [-0.3, -0.25) is 4.98 Å². The molecule has 0 fully saturated rings. The van der Waals surface area contributed by atoms with Gasteiger partial charge in [0, 0.05) is 22.6 Å². The quantitative estimate of drug-likeness (QED) is 0.887. The Labute approximate surface area is 105 Å². The number of nitrogens with zero attached hydrogens (tertiary/aromatic N) is 1. The van der Waals surface area contributed by atoms with Gasteiger partial charge in [-0.05, 0) is 37.7 Å². The summed E-state index contributed by atoms with van der Waals surface area (Å²) in [5.41, 5.74) is 2.96. The van der Waals surface area contributed by atoms with E-state index in [0.717, 1.165) is 28.7 Å². The third kappa shape index (κ3) is 2.14. The summed E-state index contributed by atoms with van der Waals surface area (Å²) in [6.07, 6.45) is 0. The van der Waals surface area contributed by atoms with Crippen molar-refractivity contribution in [3.05, 3.63) is 39.5 Å². The Morgan fingerprint density at radius 1 is 1.25 bits per heavy atom. The van der Waals surface area contributed by atoms with Crippen molar-refractivity contribution >= 4 is 34.1 Å². The van der Waals surface area contributed by atoms with E-state index in [-0.39, 0.29) is 0 Å². The van der Waals surface area contributed by atoms with Crippen molar-refractivity contribution in [3.8, 4) is 0 Å². The lowest BCUT2D eigenvalue weighted by Crippen LogP contribution is -2.06. The third-order valence-corrected chi connectivity index (χ3v) is 2.92. The van der Waals surface area contributed by atoms with E-state index in [4.69, 9.17) is 23.2 Å². The normalized spacial score (nSPS) is 11.0. The maximum absolute atomic E-state index is 6.20. The van der Waals surface area contributed by atoms with Crippen LogP contribution in [0.15, 0.2) is 18.2 Å². The molecular formula is C12H12Cl2N2. The maximum atomic E-state index is 6.20. The minimum atomic E-state index is 0.617. The predicted molar refractivity (Wildman–Crippen MR) is 69.3 cm³/mol. The van der Waals surface area contributed by atoms with Gasteiger partial charge in [-0.1, -0.05) is 23.2 Å². The maximum Gasteiger partial charge on any atom is 0.0738 e. The fraction of sp³-hybridized carbons (Fsp3) is 0.250. The topological polar surface area (TPSA) is 24.9 Å². The van der Waals surface area contributed by atoms with E-state index in [9.17, 15) is 0 Å². The molecule has 2 aromatic rings. The lowest BCUT2D eigenvalue weighted by Gasteiger charge is -2.09. The highest BCUT2D eigenvalue weighted by molar-refractivity contribution is 6.38. The first-order valence-electron chi connectivity index (χ1n) is 5.01. The monoisotopic (exact) mass is 254 g/mol. The molecule has 4 heteroatoms. The largest absolute Gasteiger partial charge is 0.316 e. The molecule has 0 saturated heterocycles. The summed E-state index contributed by atoms with van der Waals surface area (Å²) in [5.74, 6) is 0. The summed E-state index contributed by atoms with van der Waals surface area (Å²) in [7, 11) is 1.91. The summed E-state index contributed by atoms with van der Waals surface area (Å²) >= 11 is 12.2. The predicted octanol–water partition coefficient (Wildman–Crippen LogP) is 3.57. The van der Waals surface area contributed by atoms with Crippen LogP contribution in [-0.4, -0.2) is 12.0 Å². The second kappa shape index (κ2) is 4.58. The number of benzene rings is 1. The van der Waals surface area contributed by atoms with Gasteiger partial charge in [0.15, 0.2) is 0 Å². The van der Waals surface area contributed by atoms with Crippen LogP contribution in [0.1, 0.15) is 11.3 Å². The average Bonchev–Trinajstić information content (AvgIpc) is 2.15. The summed E-state index contributed by atoms with van der Waals surface area (Å²) in [4.78, 5) is 4.44. The molecule has 2 rings (SSSR count). The molecule has 0 atom stereocenters. The number of rotatable bonds is 2. The number of halogens is 2. The molecule has 0 radical (unpaired) electrons.